The van der Waals surface area contributed by atoms with Crippen LogP contribution in [0.2, 0.25) is 0 Å². The number of hydrogen-bond donors (Lipinski definition) is 2. The van der Waals surface area contributed by atoms with Crippen molar-refractivity contribution in [3.63, 3.8) is 0 Å². The van der Waals surface area contributed by atoms with Gasteiger partial charge in [0.05, 0.1) is 0 Å². The minimum Gasteiger partial charge on any atom is -0.358 e. The maximum Gasteiger partial charge on any atom is 0.433 e. The summed E-state index contributed by atoms with van der Waals surface area (Å²) >= 11 is 0. The van der Waals surface area contributed by atoms with E-state index in [-0.39, 0.29) is 17.6 Å². The predicted octanol–water partition coefficient (Wildman–Crippen LogP) is 5.46. The summed E-state index contributed by atoms with van der Waals surface area (Å²) in [6.45, 7) is 3.98. The number of rotatable bonds is 8. The van der Waals surface area contributed by atoms with E-state index in [1.807, 2.05) is 31.2 Å². The molecule has 0 aliphatic heterocycles. The number of hydrogen-bond acceptors (Lipinski definition) is 3. The average Bonchev–Trinajstić information content (AvgIpc) is 2.81. The van der Waals surface area contributed by atoms with Gasteiger partial charge in [-0.05, 0) is 61.2 Å². The number of nitrogens with one attached hydrogen (secondary N) is 2. The highest BCUT2D eigenvalue weighted by molar-refractivity contribution is 5.82. The zero-order valence-electron chi connectivity index (χ0n) is 19.2. The first-order valence-corrected chi connectivity index (χ1v) is 10.9. The minimum atomic E-state index is -4.53. The molecule has 0 unspecified atom stereocenters. The lowest BCUT2D eigenvalue weighted by Gasteiger charge is -2.22. The quantitative estimate of drug-likeness (QED) is 0.428. The maximum absolute atomic E-state index is 13.9. The molecule has 2 aromatic carbocycles. The van der Waals surface area contributed by atoms with Crippen LogP contribution in [0.4, 0.5) is 17.6 Å². The van der Waals surface area contributed by atoms with Gasteiger partial charge in [0.2, 0.25) is 5.91 Å². The highest BCUT2D eigenvalue weighted by Gasteiger charge is 2.32. The Hall–Kier alpha value is -3.26. The first-order chi connectivity index (χ1) is 16.1. The van der Waals surface area contributed by atoms with Crippen LogP contribution in [0.25, 0.3) is 0 Å². The van der Waals surface area contributed by atoms with Crippen molar-refractivity contribution in [2.24, 2.45) is 0 Å². The Bertz CT molecular complexity index is 1110. The SMILES string of the molecule is CNC(=O)[C@@H](NCC[C@H](c1ccc(C(F)(F)F)nc1)c1ccc(F)c(C)c1)c1ccc(C)cc1. The van der Waals surface area contributed by atoms with Gasteiger partial charge in [0, 0.05) is 19.2 Å². The van der Waals surface area contributed by atoms with E-state index in [2.05, 4.69) is 15.6 Å². The highest BCUT2D eigenvalue weighted by Crippen LogP contribution is 2.32. The number of carbonyl (C=O) groups is 1. The van der Waals surface area contributed by atoms with Gasteiger partial charge in [-0.1, -0.05) is 48.0 Å². The van der Waals surface area contributed by atoms with Crippen LogP contribution in [-0.2, 0) is 11.0 Å². The molecular formula is C26H27F4N3O. The number of amides is 1. The van der Waals surface area contributed by atoms with Crippen molar-refractivity contribution in [3.8, 4) is 0 Å². The Labute approximate surface area is 196 Å². The summed E-state index contributed by atoms with van der Waals surface area (Å²) in [7, 11) is 1.56. The second-order valence-corrected chi connectivity index (χ2v) is 8.24. The van der Waals surface area contributed by atoms with E-state index in [0.29, 0.717) is 24.1 Å². The zero-order chi connectivity index (χ0) is 24.9. The largest absolute Gasteiger partial charge is 0.433 e. The van der Waals surface area contributed by atoms with Crippen molar-refractivity contribution in [3.05, 3.63) is 100 Å². The van der Waals surface area contributed by atoms with Crippen LogP contribution >= 0.6 is 0 Å². The maximum atomic E-state index is 13.9. The highest BCUT2D eigenvalue weighted by atomic mass is 19.4. The number of aromatic nitrogens is 1. The van der Waals surface area contributed by atoms with E-state index in [1.165, 1.54) is 18.3 Å². The van der Waals surface area contributed by atoms with Crippen LogP contribution in [0.15, 0.2) is 60.8 Å². The Morgan fingerprint density at radius 3 is 2.18 bits per heavy atom. The van der Waals surface area contributed by atoms with Crippen LogP contribution in [0.5, 0.6) is 0 Å². The van der Waals surface area contributed by atoms with E-state index < -0.39 is 17.9 Å². The van der Waals surface area contributed by atoms with Crippen molar-refractivity contribution in [1.29, 1.82) is 0 Å². The summed E-state index contributed by atoms with van der Waals surface area (Å²) in [6, 6.07) is 14.0. The lowest BCUT2D eigenvalue weighted by Crippen LogP contribution is -2.36. The van der Waals surface area contributed by atoms with Gasteiger partial charge in [-0.3, -0.25) is 9.78 Å². The molecular weight excluding hydrogens is 446 g/mol. The third-order valence-electron chi connectivity index (χ3n) is 5.76. The number of benzene rings is 2. The van der Waals surface area contributed by atoms with Gasteiger partial charge in [-0.25, -0.2) is 4.39 Å². The number of carbonyl (C=O) groups excluding carboxylic acids is 1. The monoisotopic (exact) mass is 473 g/mol. The molecule has 1 amide bonds. The summed E-state index contributed by atoms with van der Waals surface area (Å²) in [5.41, 5.74) is 2.68. The Morgan fingerprint density at radius 2 is 1.62 bits per heavy atom. The normalized spacial score (nSPS) is 13.4. The molecule has 3 aromatic rings. The lowest BCUT2D eigenvalue weighted by molar-refractivity contribution is -0.141. The molecule has 0 saturated carbocycles. The molecule has 3 rings (SSSR count). The first kappa shape index (κ1) is 25.4. The number of alkyl halides is 3. The Kier molecular flexibility index (Phi) is 8.04. The number of likely N-dealkylation sites (N-methyl/N-ethyl adjacent to an activating group) is 1. The number of halogens is 4. The molecule has 0 radical (unpaired) electrons. The first-order valence-electron chi connectivity index (χ1n) is 10.9. The zero-order valence-corrected chi connectivity index (χ0v) is 19.2. The standard InChI is InChI=1S/C26H27F4N3O/c1-16-4-6-18(7-5-16)24(25(34)31-3)32-13-12-21(19-8-10-22(27)17(2)14-19)20-9-11-23(33-15-20)26(28,29)30/h4-11,14-15,21,24,32H,12-13H2,1-3H3,(H,31,34)/t21-,24-/m0/s1. The van der Waals surface area contributed by atoms with Crippen LogP contribution < -0.4 is 10.6 Å². The van der Waals surface area contributed by atoms with Crippen molar-refractivity contribution in [2.75, 3.05) is 13.6 Å². The molecule has 34 heavy (non-hydrogen) atoms. The molecule has 0 bridgehead atoms. The van der Waals surface area contributed by atoms with Crippen molar-refractivity contribution >= 4 is 5.91 Å². The average molecular weight is 474 g/mol. The van der Waals surface area contributed by atoms with Crippen LogP contribution in [0.3, 0.4) is 0 Å². The Morgan fingerprint density at radius 1 is 0.971 bits per heavy atom. The molecule has 1 heterocycles. The third kappa shape index (κ3) is 6.20. The van der Waals surface area contributed by atoms with Gasteiger partial charge in [-0.15, -0.1) is 0 Å². The fourth-order valence-corrected chi connectivity index (χ4v) is 3.83. The van der Waals surface area contributed by atoms with Gasteiger partial charge in [-0.2, -0.15) is 13.2 Å². The molecule has 0 spiro atoms. The molecule has 2 N–H and O–H groups in total. The summed E-state index contributed by atoms with van der Waals surface area (Å²) in [5.74, 6) is -0.899. The molecule has 0 aliphatic carbocycles. The summed E-state index contributed by atoms with van der Waals surface area (Å²) in [4.78, 5) is 16.1. The van der Waals surface area contributed by atoms with Crippen LogP contribution in [0.1, 0.15) is 51.9 Å². The van der Waals surface area contributed by atoms with Crippen LogP contribution in [-0.4, -0.2) is 24.5 Å². The summed E-state index contributed by atoms with van der Waals surface area (Å²) in [6.07, 6.45) is -2.86. The third-order valence-corrected chi connectivity index (χ3v) is 5.76. The smallest absolute Gasteiger partial charge is 0.358 e. The van der Waals surface area contributed by atoms with E-state index in [0.717, 1.165) is 22.8 Å². The Balaban J connectivity index is 1.85. The number of nitrogens with zero attached hydrogens (tertiary/aromatic N) is 1. The van der Waals surface area contributed by atoms with Crippen molar-refractivity contribution in [1.82, 2.24) is 15.6 Å². The molecule has 4 nitrogen and oxygen atoms in total. The van der Waals surface area contributed by atoms with Gasteiger partial charge >= 0.3 is 6.18 Å². The molecule has 0 aliphatic rings. The molecule has 0 saturated heterocycles. The van der Waals surface area contributed by atoms with Crippen molar-refractivity contribution < 1.29 is 22.4 Å². The number of aryl methyl sites for hydroxylation is 2. The fraction of sp³-hybridized carbons (Fsp3) is 0.308. The minimum absolute atomic E-state index is 0.200. The van der Waals surface area contributed by atoms with E-state index in [1.54, 1.807) is 26.1 Å². The van der Waals surface area contributed by atoms with Gasteiger partial charge in [0.1, 0.15) is 17.6 Å². The summed E-state index contributed by atoms with van der Waals surface area (Å²) in [5, 5.41) is 5.91. The molecule has 180 valence electrons. The number of pyridine rings is 1. The molecule has 2 atom stereocenters. The van der Waals surface area contributed by atoms with Gasteiger partial charge in [0.15, 0.2) is 0 Å². The lowest BCUT2D eigenvalue weighted by atomic mass is 9.88. The van der Waals surface area contributed by atoms with Crippen molar-refractivity contribution in [2.45, 2.75) is 38.4 Å². The van der Waals surface area contributed by atoms with E-state index >= 15 is 0 Å². The predicted molar refractivity (Wildman–Crippen MR) is 123 cm³/mol. The summed E-state index contributed by atoms with van der Waals surface area (Å²) < 4.78 is 52.8. The van der Waals surface area contributed by atoms with E-state index in [4.69, 9.17) is 0 Å². The van der Waals surface area contributed by atoms with Crippen LogP contribution in [0, 0.1) is 19.7 Å². The molecule has 0 fully saturated rings. The van der Waals surface area contributed by atoms with Gasteiger partial charge < -0.3 is 10.6 Å². The topological polar surface area (TPSA) is 54.0 Å². The molecule has 8 heteroatoms. The second kappa shape index (κ2) is 10.8. The van der Waals surface area contributed by atoms with E-state index in [9.17, 15) is 22.4 Å². The fourth-order valence-electron chi connectivity index (χ4n) is 3.83. The second-order valence-electron chi connectivity index (χ2n) is 8.24. The van der Waals surface area contributed by atoms with Gasteiger partial charge in [0.25, 0.3) is 0 Å². The molecule has 1 aromatic heterocycles.